The smallest absolute Gasteiger partial charge is 0.253 e. The molecule has 1 aliphatic heterocycles. The molecule has 1 saturated heterocycles. The van der Waals surface area contributed by atoms with Crippen molar-refractivity contribution in [3.63, 3.8) is 0 Å². The fourth-order valence-corrected chi connectivity index (χ4v) is 3.15. The molecule has 5 nitrogen and oxygen atoms in total. The van der Waals surface area contributed by atoms with Crippen molar-refractivity contribution in [2.24, 2.45) is 0 Å². The van der Waals surface area contributed by atoms with Gasteiger partial charge in [0.15, 0.2) is 0 Å². The zero-order chi connectivity index (χ0) is 13.2. The van der Waals surface area contributed by atoms with E-state index in [2.05, 4.69) is 4.83 Å². The lowest BCUT2D eigenvalue weighted by molar-refractivity contribution is 0.200. The Morgan fingerprint density at radius 3 is 2.50 bits per heavy atom. The minimum absolute atomic E-state index is 0.219. The fourth-order valence-electron chi connectivity index (χ4n) is 1.99. The van der Waals surface area contributed by atoms with Crippen LogP contribution in [0.2, 0.25) is 0 Å². The molecule has 2 rings (SSSR count). The number of nitrogens with one attached hydrogen (secondary N) is 1. The maximum absolute atomic E-state index is 12.2. The van der Waals surface area contributed by atoms with Crippen LogP contribution >= 0.6 is 0 Å². The normalized spacial score (nSPS) is 17.8. The molecule has 0 saturated carbocycles. The van der Waals surface area contributed by atoms with E-state index >= 15 is 0 Å². The third-order valence-electron chi connectivity index (χ3n) is 3.17. The highest BCUT2D eigenvalue weighted by Gasteiger charge is 2.20. The van der Waals surface area contributed by atoms with Crippen LogP contribution in [0, 0.1) is 6.92 Å². The standard InChI is InChI=1S/C12H19N3O2S/c1-10-5-6-11(9-12(10)13)18(16,17)14-15-7-3-2-4-8-15/h5-6,9,14H,2-4,7-8,13H2,1H3. The van der Waals surface area contributed by atoms with E-state index in [-0.39, 0.29) is 4.90 Å². The van der Waals surface area contributed by atoms with Gasteiger partial charge in [-0.2, -0.15) is 0 Å². The van der Waals surface area contributed by atoms with Gasteiger partial charge >= 0.3 is 0 Å². The second kappa shape index (κ2) is 5.26. The van der Waals surface area contributed by atoms with Gasteiger partial charge in [-0.3, -0.25) is 0 Å². The SMILES string of the molecule is Cc1ccc(S(=O)(=O)NN2CCCCC2)cc1N. The Morgan fingerprint density at radius 2 is 1.89 bits per heavy atom. The number of nitrogens with zero attached hydrogens (tertiary/aromatic N) is 1. The number of benzene rings is 1. The van der Waals surface area contributed by atoms with Gasteiger partial charge in [-0.05, 0) is 37.5 Å². The highest BCUT2D eigenvalue weighted by atomic mass is 32.2. The van der Waals surface area contributed by atoms with Crippen LogP contribution < -0.4 is 10.6 Å². The van der Waals surface area contributed by atoms with Gasteiger partial charge in [0, 0.05) is 18.8 Å². The van der Waals surface area contributed by atoms with E-state index < -0.39 is 10.0 Å². The Hall–Kier alpha value is -1.11. The summed E-state index contributed by atoms with van der Waals surface area (Å²) in [5, 5.41) is 1.76. The highest BCUT2D eigenvalue weighted by Crippen LogP contribution is 2.18. The van der Waals surface area contributed by atoms with Crippen LogP contribution in [0.25, 0.3) is 0 Å². The summed E-state index contributed by atoms with van der Waals surface area (Å²) in [6.07, 6.45) is 3.22. The first-order valence-electron chi connectivity index (χ1n) is 6.12. The molecule has 0 spiro atoms. The van der Waals surface area contributed by atoms with Crippen molar-refractivity contribution in [3.8, 4) is 0 Å². The quantitative estimate of drug-likeness (QED) is 0.810. The first kappa shape index (κ1) is 13.3. The second-order valence-corrected chi connectivity index (χ2v) is 6.32. The molecule has 1 heterocycles. The van der Waals surface area contributed by atoms with Gasteiger partial charge < -0.3 is 5.73 Å². The number of nitrogens with two attached hydrogens (primary N) is 1. The number of piperidine rings is 1. The first-order valence-corrected chi connectivity index (χ1v) is 7.61. The summed E-state index contributed by atoms with van der Waals surface area (Å²) in [6, 6.07) is 4.81. The Bertz CT molecular complexity index is 522. The molecule has 1 fully saturated rings. The first-order chi connectivity index (χ1) is 8.49. The molecule has 0 bridgehead atoms. The molecule has 3 N–H and O–H groups in total. The predicted octanol–water partition coefficient (Wildman–Crippen LogP) is 1.26. The maximum atomic E-state index is 12.2. The molecule has 0 radical (unpaired) electrons. The number of aryl methyl sites for hydroxylation is 1. The molecule has 100 valence electrons. The Labute approximate surface area is 108 Å². The number of hydrazine groups is 1. The summed E-state index contributed by atoms with van der Waals surface area (Å²) in [5.41, 5.74) is 7.12. The molecule has 1 aromatic carbocycles. The number of anilines is 1. The van der Waals surface area contributed by atoms with Gasteiger partial charge in [-0.1, -0.05) is 12.5 Å². The van der Waals surface area contributed by atoms with E-state index in [1.54, 1.807) is 17.1 Å². The Balaban J connectivity index is 2.16. The van der Waals surface area contributed by atoms with Crippen molar-refractivity contribution in [2.45, 2.75) is 31.1 Å². The zero-order valence-electron chi connectivity index (χ0n) is 10.5. The van der Waals surface area contributed by atoms with Gasteiger partial charge in [-0.15, -0.1) is 4.83 Å². The van der Waals surface area contributed by atoms with Crippen molar-refractivity contribution in [3.05, 3.63) is 23.8 Å². The average Bonchev–Trinajstić information content (AvgIpc) is 2.33. The largest absolute Gasteiger partial charge is 0.398 e. The lowest BCUT2D eigenvalue weighted by atomic mass is 10.2. The van der Waals surface area contributed by atoms with Gasteiger partial charge in [0.2, 0.25) is 0 Å². The van der Waals surface area contributed by atoms with Crippen molar-refractivity contribution < 1.29 is 8.42 Å². The minimum Gasteiger partial charge on any atom is -0.398 e. The second-order valence-electron chi connectivity index (χ2n) is 4.66. The topological polar surface area (TPSA) is 75.4 Å². The van der Waals surface area contributed by atoms with Crippen molar-refractivity contribution in [1.29, 1.82) is 0 Å². The summed E-state index contributed by atoms with van der Waals surface area (Å²) < 4.78 is 24.3. The number of hydrogen-bond donors (Lipinski definition) is 2. The third-order valence-corrected chi connectivity index (χ3v) is 4.54. The van der Waals surface area contributed by atoms with Crippen LogP contribution in [0.1, 0.15) is 24.8 Å². The Morgan fingerprint density at radius 1 is 1.22 bits per heavy atom. The maximum Gasteiger partial charge on any atom is 0.253 e. The van der Waals surface area contributed by atoms with Gasteiger partial charge in [0.1, 0.15) is 0 Å². The summed E-state index contributed by atoms with van der Waals surface area (Å²) in [6.45, 7) is 3.38. The highest BCUT2D eigenvalue weighted by molar-refractivity contribution is 7.89. The van der Waals surface area contributed by atoms with Crippen LogP contribution in [0.15, 0.2) is 23.1 Å². The van der Waals surface area contributed by atoms with E-state index in [1.165, 1.54) is 6.07 Å². The van der Waals surface area contributed by atoms with E-state index in [0.717, 1.165) is 37.9 Å². The van der Waals surface area contributed by atoms with Gasteiger partial charge in [-0.25, -0.2) is 13.4 Å². The number of sulfonamides is 1. The molecular weight excluding hydrogens is 250 g/mol. The molecule has 0 aliphatic carbocycles. The van der Waals surface area contributed by atoms with Crippen LogP contribution in [0.4, 0.5) is 5.69 Å². The molecule has 0 unspecified atom stereocenters. The lowest BCUT2D eigenvalue weighted by Gasteiger charge is -2.26. The minimum atomic E-state index is -3.50. The van der Waals surface area contributed by atoms with E-state index in [4.69, 9.17) is 5.73 Å². The third kappa shape index (κ3) is 3.01. The summed E-state index contributed by atoms with van der Waals surface area (Å²) >= 11 is 0. The van der Waals surface area contributed by atoms with Crippen LogP contribution in [0.3, 0.4) is 0 Å². The molecule has 18 heavy (non-hydrogen) atoms. The van der Waals surface area contributed by atoms with Crippen molar-refractivity contribution in [1.82, 2.24) is 9.84 Å². The average molecular weight is 269 g/mol. The molecular formula is C12H19N3O2S. The monoisotopic (exact) mass is 269 g/mol. The number of hydrogen-bond acceptors (Lipinski definition) is 4. The summed E-state index contributed by atoms with van der Waals surface area (Å²) in [5.74, 6) is 0. The number of rotatable bonds is 3. The number of nitrogen functional groups attached to an aromatic ring is 1. The molecule has 0 aromatic heterocycles. The van der Waals surface area contributed by atoms with E-state index in [1.807, 2.05) is 6.92 Å². The van der Waals surface area contributed by atoms with Crippen molar-refractivity contribution >= 4 is 15.7 Å². The molecule has 6 heteroatoms. The van der Waals surface area contributed by atoms with Crippen LogP contribution in [-0.4, -0.2) is 26.5 Å². The molecule has 0 atom stereocenters. The molecule has 0 amide bonds. The molecule has 1 aliphatic rings. The zero-order valence-corrected chi connectivity index (χ0v) is 11.3. The lowest BCUT2D eigenvalue weighted by Crippen LogP contribution is -2.44. The summed E-state index contributed by atoms with van der Waals surface area (Å²) in [7, 11) is -3.50. The summed E-state index contributed by atoms with van der Waals surface area (Å²) in [4.78, 5) is 2.83. The molecule has 1 aromatic rings. The van der Waals surface area contributed by atoms with Crippen LogP contribution in [0.5, 0.6) is 0 Å². The van der Waals surface area contributed by atoms with E-state index in [9.17, 15) is 8.42 Å². The van der Waals surface area contributed by atoms with Gasteiger partial charge in [0.05, 0.1) is 4.90 Å². The van der Waals surface area contributed by atoms with Crippen molar-refractivity contribution in [2.75, 3.05) is 18.8 Å². The van der Waals surface area contributed by atoms with Gasteiger partial charge in [0.25, 0.3) is 10.0 Å². The fraction of sp³-hybridized carbons (Fsp3) is 0.500. The van der Waals surface area contributed by atoms with E-state index in [0.29, 0.717) is 5.69 Å². The predicted molar refractivity (Wildman–Crippen MR) is 71.3 cm³/mol. The Kier molecular flexibility index (Phi) is 3.89. The van der Waals surface area contributed by atoms with Crippen LogP contribution in [-0.2, 0) is 10.0 Å².